The van der Waals surface area contributed by atoms with E-state index in [1.54, 1.807) is 0 Å². The second-order valence-electron chi connectivity index (χ2n) is 6.64. The van der Waals surface area contributed by atoms with Gasteiger partial charge in [0, 0.05) is 13.1 Å². The van der Waals surface area contributed by atoms with Crippen LogP contribution in [0.4, 0.5) is 0 Å². The number of carbonyl (C=O) groups excluding carboxylic acids is 1. The minimum Gasteiger partial charge on any atom is -0.486 e. The molecule has 0 spiro atoms. The molecular weight excluding hydrogens is 292 g/mol. The lowest BCUT2D eigenvalue weighted by Crippen LogP contribution is -2.42. The molecular formula is C18H24N2O3. The van der Waals surface area contributed by atoms with Crippen LogP contribution in [0.2, 0.25) is 0 Å². The van der Waals surface area contributed by atoms with Crippen LogP contribution in [-0.4, -0.2) is 43.7 Å². The lowest BCUT2D eigenvalue weighted by atomic mass is 9.96. The van der Waals surface area contributed by atoms with Crippen LogP contribution in [0.25, 0.3) is 0 Å². The smallest absolute Gasteiger partial charge is 0.227 e. The van der Waals surface area contributed by atoms with Crippen molar-refractivity contribution in [2.45, 2.75) is 31.7 Å². The molecule has 1 amide bonds. The van der Waals surface area contributed by atoms with Crippen LogP contribution in [-0.2, 0) is 4.79 Å². The van der Waals surface area contributed by atoms with Crippen molar-refractivity contribution in [1.29, 1.82) is 0 Å². The lowest BCUT2D eigenvalue weighted by Gasteiger charge is -2.31. The molecule has 0 bridgehead atoms. The molecule has 3 heterocycles. The van der Waals surface area contributed by atoms with Crippen LogP contribution in [0.1, 0.15) is 37.3 Å². The highest BCUT2D eigenvalue weighted by molar-refractivity contribution is 5.80. The number of hydrogen-bond donors (Lipinski definition) is 1. The first-order chi connectivity index (χ1) is 11.3. The number of ether oxygens (including phenoxy) is 2. The summed E-state index contributed by atoms with van der Waals surface area (Å²) >= 11 is 0. The number of nitrogens with zero attached hydrogens (tertiary/aromatic N) is 1. The third-order valence-electron chi connectivity index (χ3n) is 5.13. The Hall–Kier alpha value is -1.75. The molecule has 0 aromatic heterocycles. The van der Waals surface area contributed by atoms with E-state index in [2.05, 4.69) is 22.3 Å². The van der Waals surface area contributed by atoms with Gasteiger partial charge in [-0.05, 0) is 49.9 Å². The summed E-state index contributed by atoms with van der Waals surface area (Å²) in [5.41, 5.74) is 1.17. The highest BCUT2D eigenvalue weighted by atomic mass is 16.6. The SMILES string of the molecule is O=C(C1CCCNC1)N1CCCC1c1ccc2c(c1)OCCO2. The first kappa shape index (κ1) is 14.8. The quantitative estimate of drug-likeness (QED) is 0.908. The van der Waals surface area contributed by atoms with Crippen LogP contribution in [0.5, 0.6) is 11.5 Å². The average molecular weight is 316 g/mol. The van der Waals surface area contributed by atoms with Gasteiger partial charge >= 0.3 is 0 Å². The molecule has 2 atom stereocenters. The summed E-state index contributed by atoms with van der Waals surface area (Å²) < 4.78 is 11.3. The van der Waals surface area contributed by atoms with Crippen molar-refractivity contribution in [3.05, 3.63) is 23.8 Å². The van der Waals surface area contributed by atoms with Gasteiger partial charge in [-0.2, -0.15) is 0 Å². The van der Waals surface area contributed by atoms with Gasteiger partial charge in [0.1, 0.15) is 13.2 Å². The maximum Gasteiger partial charge on any atom is 0.227 e. The van der Waals surface area contributed by atoms with Gasteiger partial charge in [0.15, 0.2) is 11.5 Å². The van der Waals surface area contributed by atoms with Crippen molar-refractivity contribution >= 4 is 5.91 Å². The summed E-state index contributed by atoms with van der Waals surface area (Å²) in [4.78, 5) is 15.0. The molecule has 3 aliphatic heterocycles. The van der Waals surface area contributed by atoms with Crippen molar-refractivity contribution in [3.8, 4) is 11.5 Å². The van der Waals surface area contributed by atoms with Gasteiger partial charge in [-0.25, -0.2) is 0 Å². The van der Waals surface area contributed by atoms with Gasteiger partial charge in [-0.1, -0.05) is 6.07 Å². The summed E-state index contributed by atoms with van der Waals surface area (Å²) in [5, 5.41) is 3.35. The van der Waals surface area contributed by atoms with E-state index in [4.69, 9.17) is 9.47 Å². The predicted octanol–water partition coefficient (Wildman–Crippen LogP) is 2.12. The molecule has 1 N–H and O–H groups in total. The maximum atomic E-state index is 12.9. The molecule has 2 fully saturated rings. The lowest BCUT2D eigenvalue weighted by molar-refractivity contribution is -0.137. The summed E-state index contributed by atoms with van der Waals surface area (Å²) in [6.45, 7) is 3.93. The Balaban J connectivity index is 1.54. The molecule has 0 saturated carbocycles. The maximum absolute atomic E-state index is 12.9. The summed E-state index contributed by atoms with van der Waals surface area (Å²) in [5.74, 6) is 2.08. The van der Waals surface area contributed by atoms with Crippen LogP contribution >= 0.6 is 0 Å². The number of fused-ring (bicyclic) bond motifs is 1. The fourth-order valence-corrected chi connectivity index (χ4v) is 3.94. The van der Waals surface area contributed by atoms with Crippen molar-refractivity contribution in [2.75, 3.05) is 32.8 Å². The van der Waals surface area contributed by atoms with Crippen LogP contribution in [0.3, 0.4) is 0 Å². The minimum absolute atomic E-state index is 0.140. The summed E-state index contributed by atoms with van der Waals surface area (Å²) in [6, 6.07) is 6.31. The van der Waals surface area contributed by atoms with Gasteiger partial charge in [-0.3, -0.25) is 4.79 Å². The highest BCUT2D eigenvalue weighted by Gasteiger charge is 2.34. The first-order valence-corrected chi connectivity index (χ1v) is 8.73. The van der Waals surface area contributed by atoms with Gasteiger partial charge in [0.05, 0.1) is 12.0 Å². The normalized spacial score (nSPS) is 27.0. The molecule has 0 aliphatic carbocycles. The number of amides is 1. The van der Waals surface area contributed by atoms with Crippen molar-refractivity contribution < 1.29 is 14.3 Å². The third kappa shape index (κ3) is 2.90. The van der Waals surface area contributed by atoms with E-state index in [0.717, 1.165) is 56.8 Å². The Morgan fingerprint density at radius 3 is 2.83 bits per heavy atom. The molecule has 4 rings (SSSR count). The topological polar surface area (TPSA) is 50.8 Å². The van der Waals surface area contributed by atoms with E-state index >= 15 is 0 Å². The highest BCUT2D eigenvalue weighted by Crippen LogP contribution is 2.38. The fraction of sp³-hybridized carbons (Fsp3) is 0.611. The van der Waals surface area contributed by atoms with Gasteiger partial charge < -0.3 is 19.7 Å². The number of hydrogen-bond acceptors (Lipinski definition) is 4. The summed E-state index contributed by atoms with van der Waals surface area (Å²) in [6.07, 6.45) is 4.21. The van der Waals surface area contributed by atoms with E-state index in [1.807, 2.05) is 6.07 Å². The first-order valence-electron chi connectivity index (χ1n) is 8.73. The number of piperidine rings is 1. The number of nitrogens with one attached hydrogen (secondary N) is 1. The van der Waals surface area contributed by atoms with Crippen LogP contribution in [0, 0.1) is 5.92 Å². The molecule has 2 saturated heterocycles. The van der Waals surface area contributed by atoms with E-state index in [-0.39, 0.29) is 12.0 Å². The number of carbonyl (C=O) groups is 1. The monoisotopic (exact) mass is 316 g/mol. The van der Waals surface area contributed by atoms with E-state index in [9.17, 15) is 4.79 Å². The molecule has 0 radical (unpaired) electrons. The molecule has 1 aromatic rings. The Bertz CT molecular complexity index is 584. The Morgan fingerprint density at radius 2 is 2.00 bits per heavy atom. The molecule has 124 valence electrons. The number of likely N-dealkylation sites (tertiary alicyclic amines) is 1. The zero-order valence-electron chi connectivity index (χ0n) is 13.4. The van der Waals surface area contributed by atoms with Gasteiger partial charge in [-0.15, -0.1) is 0 Å². The second kappa shape index (κ2) is 6.40. The molecule has 3 aliphatic rings. The Kier molecular flexibility index (Phi) is 4.12. The summed E-state index contributed by atoms with van der Waals surface area (Å²) in [7, 11) is 0. The van der Waals surface area contributed by atoms with Crippen molar-refractivity contribution in [3.63, 3.8) is 0 Å². The molecule has 5 nitrogen and oxygen atoms in total. The van der Waals surface area contributed by atoms with Gasteiger partial charge in [0.2, 0.25) is 5.91 Å². The molecule has 23 heavy (non-hydrogen) atoms. The van der Waals surface area contributed by atoms with Crippen LogP contribution in [0.15, 0.2) is 18.2 Å². The van der Waals surface area contributed by atoms with Crippen LogP contribution < -0.4 is 14.8 Å². The van der Waals surface area contributed by atoms with Crippen molar-refractivity contribution in [2.24, 2.45) is 5.92 Å². The Morgan fingerprint density at radius 1 is 1.13 bits per heavy atom. The number of rotatable bonds is 2. The van der Waals surface area contributed by atoms with E-state index in [0.29, 0.717) is 19.1 Å². The van der Waals surface area contributed by atoms with E-state index in [1.165, 1.54) is 5.56 Å². The third-order valence-corrected chi connectivity index (χ3v) is 5.13. The Labute approximate surface area is 136 Å². The second-order valence-corrected chi connectivity index (χ2v) is 6.64. The molecule has 5 heteroatoms. The minimum atomic E-state index is 0.140. The fourth-order valence-electron chi connectivity index (χ4n) is 3.94. The molecule has 2 unspecified atom stereocenters. The largest absolute Gasteiger partial charge is 0.486 e. The number of benzene rings is 1. The van der Waals surface area contributed by atoms with Gasteiger partial charge in [0.25, 0.3) is 0 Å². The van der Waals surface area contributed by atoms with Crippen molar-refractivity contribution in [1.82, 2.24) is 10.2 Å². The predicted molar refractivity (Wildman–Crippen MR) is 86.7 cm³/mol. The average Bonchev–Trinajstić information content (AvgIpc) is 3.11. The molecule has 1 aromatic carbocycles. The standard InChI is InChI=1S/C18H24N2O3/c21-18(14-3-1-7-19-12-14)20-8-2-4-15(20)13-5-6-16-17(11-13)23-10-9-22-16/h5-6,11,14-15,19H,1-4,7-10,12H2. The van der Waals surface area contributed by atoms with E-state index < -0.39 is 0 Å². The zero-order valence-corrected chi connectivity index (χ0v) is 13.4. The zero-order chi connectivity index (χ0) is 15.6.